The molecular formula is C13H28N2. The molecular weight excluding hydrogens is 184 g/mol. The summed E-state index contributed by atoms with van der Waals surface area (Å²) in [7, 11) is 2.26. The van der Waals surface area contributed by atoms with Crippen molar-refractivity contribution in [3.05, 3.63) is 0 Å². The second-order valence-corrected chi connectivity index (χ2v) is 6.39. The topological polar surface area (TPSA) is 29.3 Å². The first kappa shape index (κ1) is 13.0. The Labute approximate surface area is 95.2 Å². The van der Waals surface area contributed by atoms with E-state index in [9.17, 15) is 0 Å². The standard InChI is InChI=1S/C13H28N2/c1-12(2)9-11(7-6-8-14)10-13(3,4)15(12)5/h11H,6-10,14H2,1-5H3. The SMILES string of the molecule is CN1C(C)(C)CC(CCCN)CC1(C)C. The van der Waals surface area contributed by atoms with E-state index in [4.69, 9.17) is 5.73 Å². The van der Waals surface area contributed by atoms with Gasteiger partial charge in [0.15, 0.2) is 0 Å². The van der Waals surface area contributed by atoms with Gasteiger partial charge in [0.25, 0.3) is 0 Å². The maximum atomic E-state index is 5.60. The Bertz CT molecular complexity index is 191. The Morgan fingerprint density at radius 2 is 1.60 bits per heavy atom. The summed E-state index contributed by atoms with van der Waals surface area (Å²) >= 11 is 0. The van der Waals surface area contributed by atoms with Crippen molar-refractivity contribution in [3.8, 4) is 0 Å². The normalized spacial score (nSPS) is 26.8. The summed E-state index contributed by atoms with van der Waals surface area (Å²) in [6.07, 6.45) is 5.11. The molecule has 0 aromatic carbocycles. The molecule has 1 saturated heterocycles. The Kier molecular flexibility index (Phi) is 3.83. The van der Waals surface area contributed by atoms with Gasteiger partial charge in [0, 0.05) is 11.1 Å². The van der Waals surface area contributed by atoms with Crippen molar-refractivity contribution in [2.75, 3.05) is 13.6 Å². The van der Waals surface area contributed by atoms with E-state index in [1.54, 1.807) is 0 Å². The van der Waals surface area contributed by atoms with E-state index < -0.39 is 0 Å². The van der Waals surface area contributed by atoms with Crippen LogP contribution in [0.25, 0.3) is 0 Å². The molecule has 1 aliphatic heterocycles. The van der Waals surface area contributed by atoms with Gasteiger partial charge in [-0.1, -0.05) is 0 Å². The molecule has 15 heavy (non-hydrogen) atoms. The van der Waals surface area contributed by atoms with Gasteiger partial charge in [-0.2, -0.15) is 0 Å². The zero-order valence-corrected chi connectivity index (χ0v) is 11.1. The highest BCUT2D eigenvalue weighted by atomic mass is 15.2. The van der Waals surface area contributed by atoms with Gasteiger partial charge in [-0.25, -0.2) is 0 Å². The van der Waals surface area contributed by atoms with Crippen LogP contribution in [-0.4, -0.2) is 29.6 Å². The van der Waals surface area contributed by atoms with Gasteiger partial charge in [0.05, 0.1) is 0 Å². The minimum atomic E-state index is 0.334. The molecule has 0 amide bonds. The summed E-state index contributed by atoms with van der Waals surface area (Å²) in [6, 6.07) is 0. The first-order valence-corrected chi connectivity index (χ1v) is 6.23. The van der Waals surface area contributed by atoms with E-state index in [0.29, 0.717) is 11.1 Å². The lowest BCUT2D eigenvalue weighted by atomic mass is 9.72. The summed E-state index contributed by atoms with van der Waals surface area (Å²) in [5, 5.41) is 0. The third-order valence-corrected chi connectivity index (χ3v) is 4.21. The fraction of sp³-hybridized carbons (Fsp3) is 1.00. The minimum Gasteiger partial charge on any atom is -0.330 e. The van der Waals surface area contributed by atoms with Crippen LogP contribution in [0.1, 0.15) is 53.4 Å². The number of nitrogens with zero attached hydrogens (tertiary/aromatic N) is 1. The average Bonchev–Trinajstić information content (AvgIpc) is 2.10. The van der Waals surface area contributed by atoms with E-state index in [-0.39, 0.29) is 0 Å². The van der Waals surface area contributed by atoms with Gasteiger partial charge in [0.1, 0.15) is 0 Å². The molecule has 0 aromatic rings. The second-order valence-electron chi connectivity index (χ2n) is 6.39. The maximum absolute atomic E-state index is 5.60. The van der Waals surface area contributed by atoms with Crippen molar-refractivity contribution in [2.45, 2.75) is 64.5 Å². The van der Waals surface area contributed by atoms with Crippen LogP contribution in [0.5, 0.6) is 0 Å². The second kappa shape index (κ2) is 4.42. The number of likely N-dealkylation sites (tertiary alicyclic amines) is 1. The first-order chi connectivity index (χ1) is 6.79. The molecule has 1 aliphatic rings. The highest BCUT2D eigenvalue weighted by Gasteiger charge is 2.42. The maximum Gasteiger partial charge on any atom is 0.0158 e. The van der Waals surface area contributed by atoms with Crippen molar-refractivity contribution in [2.24, 2.45) is 11.7 Å². The van der Waals surface area contributed by atoms with Crippen molar-refractivity contribution < 1.29 is 0 Å². The summed E-state index contributed by atoms with van der Waals surface area (Å²) in [5.74, 6) is 0.856. The predicted molar refractivity (Wildman–Crippen MR) is 66.9 cm³/mol. The highest BCUT2D eigenvalue weighted by molar-refractivity contribution is 4.98. The van der Waals surface area contributed by atoms with Gasteiger partial charge < -0.3 is 5.73 Å². The number of rotatable bonds is 3. The Morgan fingerprint density at radius 1 is 1.13 bits per heavy atom. The van der Waals surface area contributed by atoms with Crippen molar-refractivity contribution >= 4 is 0 Å². The molecule has 0 saturated carbocycles. The van der Waals surface area contributed by atoms with Crippen LogP contribution in [0.15, 0.2) is 0 Å². The Hall–Kier alpha value is -0.0800. The molecule has 2 heteroatoms. The van der Waals surface area contributed by atoms with Gasteiger partial charge >= 0.3 is 0 Å². The third-order valence-electron chi connectivity index (χ3n) is 4.21. The summed E-state index contributed by atoms with van der Waals surface area (Å²) < 4.78 is 0. The summed E-state index contributed by atoms with van der Waals surface area (Å²) in [5.41, 5.74) is 6.27. The minimum absolute atomic E-state index is 0.334. The Morgan fingerprint density at radius 3 is 2.00 bits per heavy atom. The lowest BCUT2D eigenvalue weighted by Crippen LogP contribution is -2.58. The van der Waals surface area contributed by atoms with Crippen LogP contribution in [0, 0.1) is 5.92 Å². The molecule has 1 heterocycles. The number of hydrogen-bond donors (Lipinski definition) is 1. The molecule has 1 fully saturated rings. The van der Waals surface area contributed by atoms with Gasteiger partial charge in [-0.15, -0.1) is 0 Å². The number of nitrogens with two attached hydrogens (primary N) is 1. The molecule has 0 aromatic heterocycles. The molecule has 0 bridgehead atoms. The zero-order valence-electron chi connectivity index (χ0n) is 11.1. The third kappa shape index (κ3) is 2.94. The molecule has 2 N–H and O–H groups in total. The van der Waals surface area contributed by atoms with Crippen LogP contribution in [0.2, 0.25) is 0 Å². The number of piperidine rings is 1. The van der Waals surface area contributed by atoms with E-state index in [0.717, 1.165) is 12.5 Å². The van der Waals surface area contributed by atoms with Crippen LogP contribution in [0.3, 0.4) is 0 Å². The van der Waals surface area contributed by atoms with Gasteiger partial charge in [0.2, 0.25) is 0 Å². The van der Waals surface area contributed by atoms with E-state index >= 15 is 0 Å². The quantitative estimate of drug-likeness (QED) is 0.779. The largest absolute Gasteiger partial charge is 0.330 e. The fourth-order valence-corrected chi connectivity index (χ4v) is 3.19. The predicted octanol–water partition coefficient (Wildman–Crippen LogP) is 2.62. The van der Waals surface area contributed by atoms with Gasteiger partial charge in [-0.3, -0.25) is 4.90 Å². The average molecular weight is 212 g/mol. The van der Waals surface area contributed by atoms with Gasteiger partial charge in [-0.05, 0) is 72.9 Å². The van der Waals surface area contributed by atoms with E-state index in [1.165, 1.54) is 25.7 Å². The fourth-order valence-electron chi connectivity index (χ4n) is 3.19. The van der Waals surface area contributed by atoms with Crippen LogP contribution >= 0.6 is 0 Å². The molecule has 0 radical (unpaired) electrons. The van der Waals surface area contributed by atoms with Crippen molar-refractivity contribution in [3.63, 3.8) is 0 Å². The molecule has 0 atom stereocenters. The van der Waals surface area contributed by atoms with Crippen molar-refractivity contribution in [1.29, 1.82) is 0 Å². The number of hydrogen-bond acceptors (Lipinski definition) is 2. The van der Waals surface area contributed by atoms with Crippen LogP contribution in [-0.2, 0) is 0 Å². The van der Waals surface area contributed by atoms with E-state index in [1.807, 2.05) is 0 Å². The highest BCUT2D eigenvalue weighted by Crippen LogP contribution is 2.41. The molecule has 0 aliphatic carbocycles. The lowest BCUT2D eigenvalue weighted by Gasteiger charge is -2.54. The smallest absolute Gasteiger partial charge is 0.0158 e. The Balaban J connectivity index is 2.66. The monoisotopic (exact) mass is 212 g/mol. The zero-order chi connectivity index (χ0) is 11.7. The molecule has 2 nitrogen and oxygen atoms in total. The summed E-state index contributed by atoms with van der Waals surface area (Å²) in [4.78, 5) is 2.54. The molecule has 0 unspecified atom stereocenters. The van der Waals surface area contributed by atoms with Crippen molar-refractivity contribution in [1.82, 2.24) is 4.90 Å². The summed E-state index contributed by atoms with van der Waals surface area (Å²) in [6.45, 7) is 10.3. The van der Waals surface area contributed by atoms with Crippen LogP contribution < -0.4 is 5.73 Å². The van der Waals surface area contributed by atoms with E-state index in [2.05, 4.69) is 39.6 Å². The van der Waals surface area contributed by atoms with Crippen LogP contribution in [0.4, 0.5) is 0 Å². The first-order valence-electron chi connectivity index (χ1n) is 6.23. The molecule has 1 rings (SSSR count). The lowest BCUT2D eigenvalue weighted by molar-refractivity contribution is -0.0318. The molecule has 90 valence electrons. The molecule has 0 spiro atoms.